The minimum atomic E-state index is -0.479. The fraction of sp³-hybridized carbons (Fsp3) is 0.500. The second kappa shape index (κ2) is 5.29. The lowest BCUT2D eigenvalue weighted by Gasteiger charge is -2.30. The third-order valence-electron chi connectivity index (χ3n) is 3.78. The summed E-state index contributed by atoms with van der Waals surface area (Å²) in [6.07, 6.45) is 5.01. The Morgan fingerprint density at radius 3 is 2.72 bits per heavy atom. The van der Waals surface area contributed by atoms with Crippen LogP contribution in [0.1, 0.15) is 43.0 Å². The number of carbonyl (C=O) groups is 1. The molecule has 4 nitrogen and oxygen atoms in total. The van der Waals surface area contributed by atoms with E-state index in [4.69, 9.17) is 11.5 Å². The van der Waals surface area contributed by atoms with Crippen molar-refractivity contribution in [3.05, 3.63) is 23.8 Å². The van der Waals surface area contributed by atoms with Crippen LogP contribution < -0.4 is 16.8 Å². The average Bonchev–Trinajstić information content (AvgIpc) is 2.34. The van der Waals surface area contributed by atoms with Crippen molar-refractivity contribution < 1.29 is 4.79 Å². The third-order valence-corrected chi connectivity index (χ3v) is 3.78. The summed E-state index contributed by atoms with van der Waals surface area (Å²) in [6, 6.07) is 5.86. The number of anilines is 2. The summed E-state index contributed by atoms with van der Waals surface area (Å²) >= 11 is 0. The first-order valence-corrected chi connectivity index (χ1v) is 6.54. The summed E-state index contributed by atoms with van der Waals surface area (Å²) in [7, 11) is 0. The predicted molar refractivity (Wildman–Crippen MR) is 74.4 cm³/mol. The third kappa shape index (κ3) is 2.75. The lowest BCUT2D eigenvalue weighted by atomic mass is 9.86. The highest BCUT2D eigenvalue weighted by Gasteiger charge is 2.21. The van der Waals surface area contributed by atoms with Gasteiger partial charge in [0, 0.05) is 17.4 Å². The molecule has 0 spiro atoms. The summed E-state index contributed by atoms with van der Waals surface area (Å²) in [5.74, 6) is 0.182. The van der Waals surface area contributed by atoms with E-state index < -0.39 is 5.91 Å². The van der Waals surface area contributed by atoms with Gasteiger partial charge in [0.2, 0.25) is 0 Å². The van der Waals surface area contributed by atoms with Gasteiger partial charge in [0.25, 0.3) is 5.91 Å². The van der Waals surface area contributed by atoms with Gasteiger partial charge >= 0.3 is 0 Å². The van der Waals surface area contributed by atoms with Gasteiger partial charge in [0.15, 0.2) is 0 Å². The zero-order chi connectivity index (χ0) is 13.1. The van der Waals surface area contributed by atoms with E-state index in [1.807, 2.05) is 6.07 Å². The predicted octanol–water partition coefficient (Wildman–Crippen LogP) is 2.36. The van der Waals surface area contributed by atoms with Crippen LogP contribution in [-0.4, -0.2) is 11.9 Å². The van der Waals surface area contributed by atoms with Gasteiger partial charge in [-0.3, -0.25) is 4.79 Å². The van der Waals surface area contributed by atoms with Gasteiger partial charge in [-0.25, -0.2) is 0 Å². The van der Waals surface area contributed by atoms with Gasteiger partial charge in [-0.15, -0.1) is 0 Å². The standard InChI is InChI=1S/C14H21N3O/c1-9-4-2-3-5-13(9)17-10-6-7-12(15)11(8-10)14(16)18/h6-9,13,17H,2-5,15H2,1H3,(H2,16,18). The molecule has 0 radical (unpaired) electrons. The number of amides is 1. The van der Waals surface area contributed by atoms with Crippen LogP contribution in [0.5, 0.6) is 0 Å². The van der Waals surface area contributed by atoms with E-state index in [2.05, 4.69) is 12.2 Å². The van der Waals surface area contributed by atoms with E-state index in [1.165, 1.54) is 25.7 Å². The molecule has 1 fully saturated rings. The minimum Gasteiger partial charge on any atom is -0.398 e. The minimum absolute atomic E-state index is 0.392. The molecule has 0 aliphatic heterocycles. The van der Waals surface area contributed by atoms with E-state index in [0.717, 1.165) is 5.69 Å². The molecule has 1 amide bonds. The zero-order valence-corrected chi connectivity index (χ0v) is 10.8. The quantitative estimate of drug-likeness (QED) is 0.717. The number of rotatable bonds is 3. The Labute approximate surface area is 108 Å². The van der Waals surface area contributed by atoms with Crippen molar-refractivity contribution >= 4 is 17.3 Å². The second-order valence-electron chi connectivity index (χ2n) is 5.18. The van der Waals surface area contributed by atoms with Crippen LogP contribution in [0.2, 0.25) is 0 Å². The molecule has 1 aliphatic rings. The number of primary amides is 1. The van der Waals surface area contributed by atoms with Crippen LogP contribution in [0.3, 0.4) is 0 Å². The van der Waals surface area contributed by atoms with E-state index in [9.17, 15) is 4.79 Å². The highest BCUT2D eigenvalue weighted by molar-refractivity contribution is 5.98. The Kier molecular flexibility index (Phi) is 3.75. The lowest BCUT2D eigenvalue weighted by molar-refractivity contribution is 0.100. The molecule has 98 valence electrons. The Balaban J connectivity index is 2.14. The largest absolute Gasteiger partial charge is 0.398 e. The number of hydrogen-bond acceptors (Lipinski definition) is 3. The summed E-state index contributed by atoms with van der Waals surface area (Å²) in [5.41, 5.74) is 12.8. The maximum atomic E-state index is 11.2. The number of nitrogen functional groups attached to an aromatic ring is 1. The van der Waals surface area contributed by atoms with Crippen molar-refractivity contribution in [1.82, 2.24) is 0 Å². The van der Waals surface area contributed by atoms with Crippen molar-refractivity contribution in [3.8, 4) is 0 Å². The topological polar surface area (TPSA) is 81.1 Å². The van der Waals surface area contributed by atoms with Crippen molar-refractivity contribution in [2.75, 3.05) is 11.1 Å². The molecular weight excluding hydrogens is 226 g/mol. The first kappa shape index (κ1) is 12.7. The molecule has 4 heteroatoms. The lowest BCUT2D eigenvalue weighted by Crippen LogP contribution is -2.30. The molecule has 0 saturated heterocycles. The van der Waals surface area contributed by atoms with Crippen LogP contribution in [0.4, 0.5) is 11.4 Å². The molecule has 2 atom stereocenters. The number of benzene rings is 1. The highest BCUT2D eigenvalue weighted by Crippen LogP contribution is 2.27. The fourth-order valence-electron chi connectivity index (χ4n) is 2.60. The van der Waals surface area contributed by atoms with Crippen LogP contribution in [0, 0.1) is 5.92 Å². The Morgan fingerprint density at radius 1 is 1.33 bits per heavy atom. The fourth-order valence-corrected chi connectivity index (χ4v) is 2.60. The van der Waals surface area contributed by atoms with Gasteiger partial charge in [-0.2, -0.15) is 0 Å². The molecule has 2 unspecified atom stereocenters. The van der Waals surface area contributed by atoms with Gasteiger partial charge in [-0.1, -0.05) is 19.8 Å². The van der Waals surface area contributed by atoms with Crippen LogP contribution in [-0.2, 0) is 0 Å². The van der Waals surface area contributed by atoms with E-state index in [-0.39, 0.29) is 0 Å². The molecule has 2 rings (SSSR count). The second-order valence-corrected chi connectivity index (χ2v) is 5.18. The van der Waals surface area contributed by atoms with E-state index in [0.29, 0.717) is 23.2 Å². The van der Waals surface area contributed by atoms with Crippen LogP contribution >= 0.6 is 0 Å². The number of carbonyl (C=O) groups excluding carboxylic acids is 1. The van der Waals surface area contributed by atoms with Crippen molar-refractivity contribution in [2.45, 2.75) is 38.6 Å². The maximum absolute atomic E-state index is 11.2. The summed E-state index contributed by atoms with van der Waals surface area (Å²) < 4.78 is 0. The normalized spacial score (nSPS) is 23.6. The monoisotopic (exact) mass is 247 g/mol. The molecule has 0 bridgehead atoms. The molecule has 18 heavy (non-hydrogen) atoms. The summed E-state index contributed by atoms with van der Waals surface area (Å²) in [4.78, 5) is 11.2. The zero-order valence-electron chi connectivity index (χ0n) is 10.8. The molecule has 1 aromatic carbocycles. The van der Waals surface area contributed by atoms with Gasteiger partial charge in [0.1, 0.15) is 0 Å². The van der Waals surface area contributed by atoms with Gasteiger partial charge < -0.3 is 16.8 Å². The molecule has 1 aromatic rings. The Hall–Kier alpha value is -1.71. The molecule has 0 aromatic heterocycles. The Bertz CT molecular complexity index is 445. The van der Waals surface area contributed by atoms with E-state index in [1.54, 1.807) is 12.1 Å². The van der Waals surface area contributed by atoms with Crippen LogP contribution in [0.15, 0.2) is 18.2 Å². The first-order valence-electron chi connectivity index (χ1n) is 6.54. The molecular formula is C14H21N3O. The molecule has 1 aliphatic carbocycles. The van der Waals surface area contributed by atoms with Gasteiger partial charge in [-0.05, 0) is 37.0 Å². The maximum Gasteiger partial charge on any atom is 0.250 e. The smallest absolute Gasteiger partial charge is 0.250 e. The SMILES string of the molecule is CC1CCCCC1Nc1ccc(N)c(C(N)=O)c1. The molecule has 0 heterocycles. The Morgan fingerprint density at radius 2 is 2.06 bits per heavy atom. The molecule has 5 N–H and O–H groups in total. The average molecular weight is 247 g/mol. The highest BCUT2D eigenvalue weighted by atomic mass is 16.1. The summed E-state index contributed by atoms with van der Waals surface area (Å²) in [6.45, 7) is 2.27. The van der Waals surface area contributed by atoms with Crippen molar-refractivity contribution in [2.24, 2.45) is 11.7 Å². The van der Waals surface area contributed by atoms with Crippen LogP contribution in [0.25, 0.3) is 0 Å². The number of nitrogens with one attached hydrogen (secondary N) is 1. The van der Waals surface area contributed by atoms with Crippen molar-refractivity contribution in [1.29, 1.82) is 0 Å². The van der Waals surface area contributed by atoms with Gasteiger partial charge in [0.05, 0.1) is 5.56 Å². The van der Waals surface area contributed by atoms with E-state index >= 15 is 0 Å². The molecule has 1 saturated carbocycles. The first-order chi connectivity index (χ1) is 8.58. The summed E-state index contributed by atoms with van der Waals surface area (Å²) in [5, 5.41) is 3.49. The number of hydrogen-bond donors (Lipinski definition) is 3. The number of nitrogens with two attached hydrogens (primary N) is 2. The van der Waals surface area contributed by atoms with Crippen molar-refractivity contribution in [3.63, 3.8) is 0 Å².